The minimum atomic E-state index is -0.0452. The molecule has 1 atom stereocenters. The van der Waals surface area contributed by atoms with Crippen molar-refractivity contribution >= 4 is 28.1 Å². The van der Waals surface area contributed by atoms with Gasteiger partial charge in [-0.3, -0.25) is 19.1 Å². The van der Waals surface area contributed by atoms with Crippen molar-refractivity contribution < 1.29 is 4.79 Å². The zero-order chi connectivity index (χ0) is 22.5. The van der Waals surface area contributed by atoms with Crippen molar-refractivity contribution in [2.24, 2.45) is 5.92 Å². The number of thiophene rings is 1. The minimum absolute atomic E-state index is 0.0366. The van der Waals surface area contributed by atoms with Gasteiger partial charge in [0.1, 0.15) is 0 Å². The fourth-order valence-corrected chi connectivity index (χ4v) is 5.30. The van der Waals surface area contributed by atoms with Crippen LogP contribution >= 0.6 is 11.3 Å². The van der Waals surface area contributed by atoms with E-state index in [0.717, 1.165) is 30.1 Å². The first-order chi connectivity index (χ1) is 15.5. The second-order valence-electron chi connectivity index (χ2n) is 8.87. The number of hydrogen-bond acceptors (Lipinski definition) is 5. The number of nitrogens with zero attached hydrogens (tertiary/aromatic N) is 3. The highest BCUT2D eigenvalue weighted by Gasteiger charge is 2.25. The van der Waals surface area contributed by atoms with Gasteiger partial charge in [-0.15, -0.1) is 11.3 Å². The molecule has 1 fully saturated rings. The van der Waals surface area contributed by atoms with Crippen LogP contribution in [0.4, 0.5) is 0 Å². The third-order valence-corrected chi connectivity index (χ3v) is 7.45. The van der Waals surface area contributed by atoms with E-state index in [-0.39, 0.29) is 17.5 Å². The Morgan fingerprint density at radius 2 is 2.06 bits per heavy atom. The number of piperidine rings is 1. The van der Waals surface area contributed by atoms with E-state index in [4.69, 9.17) is 0 Å². The quantitative estimate of drug-likeness (QED) is 0.558. The molecule has 3 heterocycles. The van der Waals surface area contributed by atoms with Crippen LogP contribution in [-0.2, 0) is 11.3 Å². The molecule has 3 aromatic rings. The number of carbonyl (C=O) groups is 1. The third-order valence-electron chi connectivity index (χ3n) is 6.48. The highest BCUT2D eigenvalue weighted by Crippen LogP contribution is 2.29. The Hall–Kier alpha value is -2.51. The molecule has 6 nitrogen and oxygen atoms in total. The molecule has 1 saturated heterocycles. The number of aryl methyl sites for hydroxylation is 2. The Labute approximate surface area is 193 Å². The van der Waals surface area contributed by atoms with Gasteiger partial charge in [-0.2, -0.15) is 0 Å². The number of hydrogen-bond donors (Lipinski definition) is 1. The summed E-state index contributed by atoms with van der Waals surface area (Å²) in [6, 6.07) is 10.1. The van der Waals surface area contributed by atoms with Gasteiger partial charge in [0.05, 0.1) is 23.3 Å². The van der Waals surface area contributed by atoms with Crippen molar-refractivity contribution in [3.63, 3.8) is 0 Å². The monoisotopic (exact) mass is 452 g/mol. The van der Waals surface area contributed by atoms with E-state index in [1.54, 1.807) is 22.2 Å². The SMILES string of the molecule is Cc1cccc2c(=O)n(CCCC(=O)NC[C@H](c3cccs3)N3CCC(C)CC3)cnc12. The van der Waals surface area contributed by atoms with E-state index in [9.17, 15) is 9.59 Å². The molecule has 2 aromatic heterocycles. The van der Waals surface area contributed by atoms with Gasteiger partial charge in [0.2, 0.25) is 5.91 Å². The molecule has 7 heteroatoms. The lowest BCUT2D eigenvalue weighted by molar-refractivity contribution is -0.121. The number of carbonyl (C=O) groups excluding carboxylic acids is 1. The Kier molecular flexibility index (Phi) is 7.37. The van der Waals surface area contributed by atoms with E-state index in [1.165, 1.54) is 17.7 Å². The maximum atomic E-state index is 12.7. The molecule has 4 rings (SSSR count). The molecule has 1 N–H and O–H groups in total. The predicted molar refractivity (Wildman–Crippen MR) is 130 cm³/mol. The van der Waals surface area contributed by atoms with E-state index in [0.29, 0.717) is 31.3 Å². The van der Waals surface area contributed by atoms with Crippen molar-refractivity contribution in [1.29, 1.82) is 0 Å². The molecule has 1 aromatic carbocycles. The average molecular weight is 453 g/mol. The van der Waals surface area contributed by atoms with E-state index in [2.05, 4.69) is 39.6 Å². The van der Waals surface area contributed by atoms with Crippen LogP contribution in [0.5, 0.6) is 0 Å². The Balaban J connectivity index is 1.31. The molecule has 32 heavy (non-hydrogen) atoms. The van der Waals surface area contributed by atoms with Crippen molar-refractivity contribution in [2.45, 2.75) is 52.1 Å². The molecule has 0 radical (unpaired) electrons. The second kappa shape index (κ2) is 10.4. The van der Waals surface area contributed by atoms with Crippen molar-refractivity contribution in [3.05, 3.63) is 62.8 Å². The smallest absolute Gasteiger partial charge is 0.261 e. The number of para-hydroxylation sites is 1. The van der Waals surface area contributed by atoms with Gasteiger partial charge in [-0.25, -0.2) is 4.98 Å². The first-order valence-electron chi connectivity index (χ1n) is 11.5. The van der Waals surface area contributed by atoms with Crippen LogP contribution in [0.25, 0.3) is 10.9 Å². The lowest BCUT2D eigenvalue weighted by Crippen LogP contribution is -2.41. The largest absolute Gasteiger partial charge is 0.354 e. The summed E-state index contributed by atoms with van der Waals surface area (Å²) in [5.41, 5.74) is 1.70. The number of likely N-dealkylation sites (tertiary alicyclic amines) is 1. The van der Waals surface area contributed by atoms with Gasteiger partial charge >= 0.3 is 0 Å². The van der Waals surface area contributed by atoms with Crippen LogP contribution in [0.2, 0.25) is 0 Å². The number of rotatable bonds is 8. The molecule has 0 bridgehead atoms. The summed E-state index contributed by atoms with van der Waals surface area (Å²) in [4.78, 5) is 33.5. The minimum Gasteiger partial charge on any atom is -0.354 e. The van der Waals surface area contributed by atoms with Gasteiger partial charge in [-0.05, 0) is 68.3 Å². The maximum absolute atomic E-state index is 12.7. The highest BCUT2D eigenvalue weighted by atomic mass is 32.1. The summed E-state index contributed by atoms with van der Waals surface area (Å²) in [6.07, 6.45) is 5.02. The van der Waals surface area contributed by atoms with Crippen LogP contribution in [0.15, 0.2) is 46.8 Å². The van der Waals surface area contributed by atoms with Gasteiger partial charge < -0.3 is 5.32 Å². The standard InChI is InChI=1S/C25H32N4O2S/c1-18-10-13-28(14-11-18)21(22-8-5-15-32-22)16-26-23(30)9-4-12-29-17-27-24-19(2)6-3-7-20(24)25(29)31/h3,5-8,15,17-18,21H,4,9-14,16H2,1-2H3,(H,26,30)/t21-/m1/s1. The summed E-state index contributed by atoms with van der Waals surface area (Å²) >= 11 is 1.76. The number of aromatic nitrogens is 2. The van der Waals surface area contributed by atoms with Gasteiger partial charge in [-0.1, -0.05) is 25.1 Å². The van der Waals surface area contributed by atoms with Gasteiger partial charge in [0.15, 0.2) is 0 Å². The van der Waals surface area contributed by atoms with E-state index < -0.39 is 0 Å². The Bertz CT molecular complexity index is 1100. The third kappa shape index (κ3) is 5.27. The summed E-state index contributed by atoms with van der Waals surface area (Å²) < 4.78 is 1.61. The number of benzene rings is 1. The summed E-state index contributed by atoms with van der Waals surface area (Å²) in [5.74, 6) is 0.816. The Morgan fingerprint density at radius 1 is 1.25 bits per heavy atom. The summed E-state index contributed by atoms with van der Waals surface area (Å²) in [5, 5.41) is 5.88. The first kappa shape index (κ1) is 22.7. The van der Waals surface area contributed by atoms with Crippen LogP contribution in [0.3, 0.4) is 0 Å². The van der Waals surface area contributed by atoms with E-state index in [1.807, 2.05) is 25.1 Å². The first-order valence-corrected chi connectivity index (χ1v) is 12.4. The average Bonchev–Trinajstić information content (AvgIpc) is 3.32. The van der Waals surface area contributed by atoms with Crippen LogP contribution in [-0.4, -0.2) is 40.0 Å². The van der Waals surface area contributed by atoms with Crippen molar-refractivity contribution in [2.75, 3.05) is 19.6 Å². The molecule has 0 aliphatic carbocycles. The summed E-state index contributed by atoms with van der Waals surface area (Å²) in [6.45, 7) is 7.55. The lowest BCUT2D eigenvalue weighted by atomic mass is 9.97. The fourth-order valence-electron chi connectivity index (χ4n) is 4.44. The van der Waals surface area contributed by atoms with Crippen LogP contribution < -0.4 is 10.9 Å². The zero-order valence-corrected chi connectivity index (χ0v) is 19.7. The van der Waals surface area contributed by atoms with E-state index >= 15 is 0 Å². The lowest BCUT2D eigenvalue weighted by Gasteiger charge is -2.36. The number of nitrogens with one attached hydrogen (secondary N) is 1. The molecule has 1 amide bonds. The Morgan fingerprint density at radius 3 is 2.81 bits per heavy atom. The van der Waals surface area contributed by atoms with Gasteiger partial charge in [0.25, 0.3) is 5.56 Å². The molecule has 0 saturated carbocycles. The summed E-state index contributed by atoms with van der Waals surface area (Å²) in [7, 11) is 0. The number of fused-ring (bicyclic) bond motifs is 1. The van der Waals surface area contributed by atoms with Crippen molar-refractivity contribution in [3.8, 4) is 0 Å². The molecule has 170 valence electrons. The van der Waals surface area contributed by atoms with Crippen molar-refractivity contribution in [1.82, 2.24) is 19.8 Å². The topological polar surface area (TPSA) is 67.2 Å². The normalized spacial score (nSPS) is 16.3. The highest BCUT2D eigenvalue weighted by molar-refractivity contribution is 7.10. The number of amides is 1. The predicted octanol–water partition coefficient (Wildman–Crippen LogP) is 4.14. The molecule has 0 unspecified atom stereocenters. The molecule has 1 aliphatic heterocycles. The zero-order valence-electron chi connectivity index (χ0n) is 18.9. The maximum Gasteiger partial charge on any atom is 0.261 e. The fraction of sp³-hybridized carbons (Fsp3) is 0.480. The second-order valence-corrected chi connectivity index (χ2v) is 9.85. The molecular weight excluding hydrogens is 420 g/mol. The molecule has 0 spiro atoms. The molecule has 1 aliphatic rings. The van der Waals surface area contributed by atoms with Crippen LogP contribution in [0.1, 0.15) is 49.1 Å². The van der Waals surface area contributed by atoms with Crippen LogP contribution in [0, 0.1) is 12.8 Å². The molecular formula is C25H32N4O2S. The van der Waals surface area contributed by atoms with Gasteiger partial charge in [0, 0.05) is 24.4 Å².